The molecule has 3 aromatic rings. The maximum absolute atomic E-state index is 13.3. The first kappa shape index (κ1) is 20.5. The molecule has 2 heterocycles. The highest BCUT2D eigenvalue weighted by molar-refractivity contribution is 7.99. The van der Waals surface area contributed by atoms with E-state index >= 15 is 0 Å². The topological polar surface area (TPSA) is 64.0 Å². The number of thiophene rings is 1. The number of rotatable bonds is 7. The zero-order valence-electron chi connectivity index (χ0n) is 15.4. The number of nitrogens with zero attached hydrogens (tertiary/aromatic N) is 2. The number of carbonyl (C=O) groups excluding carboxylic acids is 1. The van der Waals surface area contributed by atoms with Gasteiger partial charge in [0.05, 0.1) is 11.3 Å². The fourth-order valence-electron chi connectivity index (χ4n) is 2.57. The number of anilines is 1. The van der Waals surface area contributed by atoms with E-state index in [0.29, 0.717) is 27.8 Å². The largest absolute Gasteiger partial charge is 0.325 e. The molecule has 9 heteroatoms. The predicted octanol–water partition coefficient (Wildman–Crippen LogP) is 4.51. The van der Waals surface area contributed by atoms with Crippen molar-refractivity contribution in [2.75, 3.05) is 11.1 Å². The summed E-state index contributed by atoms with van der Waals surface area (Å²) in [5.74, 6) is -1.60. The molecule has 0 spiro atoms. The Hall–Kier alpha value is -2.26. The van der Waals surface area contributed by atoms with Crippen LogP contribution in [0, 0.1) is 17.6 Å². The molecule has 1 N–H and O–H groups in total. The van der Waals surface area contributed by atoms with Gasteiger partial charge in [-0.1, -0.05) is 25.6 Å². The Balaban J connectivity index is 1.77. The monoisotopic (exact) mass is 423 g/mol. The number of thioether (sulfide) groups is 1. The molecule has 0 saturated carbocycles. The number of halogens is 2. The number of nitrogens with one attached hydrogen (secondary N) is 1. The maximum atomic E-state index is 13.3. The zero-order valence-corrected chi connectivity index (χ0v) is 17.0. The summed E-state index contributed by atoms with van der Waals surface area (Å²) in [6, 6.07) is 4.59. The summed E-state index contributed by atoms with van der Waals surface area (Å²) in [7, 11) is 0. The van der Waals surface area contributed by atoms with Crippen LogP contribution in [0.3, 0.4) is 0 Å². The number of hydrogen-bond donors (Lipinski definition) is 1. The second kappa shape index (κ2) is 8.83. The molecule has 1 aromatic carbocycles. The minimum atomic E-state index is -0.768. The summed E-state index contributed by atoms with van der Waals surface area (Å²) in [6.07, 6.45) is 0.806. The van der Waals surface area contributed by atoms with Crippen LogP contribution in [-0.4, -0.2) is 21.2 Å². The SMILES string of the molecule is CC(C)CCn1c(SCC(=O)Nc2cc(F)cc(F)c2)nc2ccsc2c1=O. The molecular formula is C19H19F2N3O2S2. The molecule has 148 valence electrons. The van der Waals surface area contributed by atoms with Gasteiger partial charge < -0.3 is 5.32 Å². The molecule has 0 aliphatic rings. The normalized spacial score (nSPS) is 11.3. The van der Waals surface area contributed by atoms with Gasteiger partial charge in [-0.15, -0.1) is 11.3 Å². The van der Waals surface area contributed by atoms with Crippen LogP contribution in [0.2, 0.25) is 0 Å². The highest BCUT2D eigenvalue weighted by Crippen LogP contribution is 2.22. The predicted molar refractivity (Wildman–Crippen MR) is 109 cm³/mol. The first-order valence-electron chi connectivity index (χ1n) is 8.70. The average Bonchev–Trinajstić information content (AvgIpc) is 3.07. The Morgan fingerprint density at radius 2 is 2.00 bits per heavy atom. The van der Waals surface area contributed by atoms with E-state index in [1.165, 1.54) is 11.3 Å². The third-order valence-corrected chi connectivity index (χ3v) is 5.81. The van der Waals surface area contributed by atoms with Crippen molar-refractivity contribution >= 4 is 44.9 Å². The Kier molecular flexibility index (Phi) is 6.46. The van der Waals surface area contributed by atoms with Gasteiger partial charge in [0.1, 0.15) is 16.3 Å². The smallest absolute Gasteiger partial charge is 0.272 e. The molecular weight excluding hydrogens is 404 g/mol. The third-order valence-electron chi connectivity index (χ3n) is 3.94. The van der Waals surface area contributed by atoms with Crippen molar-refractivity contribution < 1.29 is 13.6 Å². The van der Waals surface area contributed by atoms with Crippen LogP contribution < -0.4 is 10.9 Å². The molecule has 0 atom stereocenters. The van der Waals surface area contributed by atoms with E-state index in [2.05, 4.69) is 24.1 Å². The summed E-state index contributed by atoms with van der Waals surface area (Å²) in [4.78, 5) is 29.5. The molecule has 5 nitrogen and oxygen atoms in total. The van der Waals surface area contributed by atoms with Crippen molar-refractivity contribution in [3.63, 3.8) is 0 Å². The highest BCUT2D eigenvalue weighted by Gasteiger charge is 2.15. The van der Waals surface area contributed by atoms with Crippen LogP contribution in [0.5, 0.6) is 0 Å². The van der Waals surface area contributed by atoms with Crippen molar-refractivity contribution in [1.82, 2.24) is 9.55 Å². The van der Waals surface area contributed by atoms with Crippen molar-refractivity contribution in [3.8, 4) is 0 Å². The number of benzene rings is 1. The molecule has 28 heavy (non-hydrogen) atoms. The lowest BCUT2D eigenvalue weighted by molar-refractivity contribution is -0.113. The molecule has 0 aliphatic heterocycles. The van der Waals surface area contributed by atoms with Crippen LogP contribution in [0.4, 0.5) is 14.5 Å². The molecule has 0 radical (unpaired) electrons. The van der Waals surface area contributed by atoms with E-state index in [1.807, 2.05) is 5.38 Å². The lowest BCUT2D eigenvalue weighted by atomic mass is 10.1. The second-order valence-corrected chi connectivity index (χ2v) is 8.52. The van der Waals surface area contributed by atoms with Crippen LogP contribution >= 0.6 is 23.1 Å². The fraction of sp³-hybridized carbons (Fsp3) is 0.316. The van der Waals surface area contributed by atoms with Gasteiger partial charge in [0.2, 0.25) is 5.91 Å². The summed E-state index contributed by atoms with van der Waals surface area (Å²) in [5, 5.41) is 4.72. The van der Waals surface area contributed by atoms with E-state index in [9.17, 15) is 18.4 Å². The number of aromatic nitrogens is 2. The Labute approximate surface area is 168 Å². The number of hydrogen-bond acceptors (Lipinski definition) is 5. The van der Waals surface area contributed by atoms with Gasteiger partial charge in [-0.3, -0.25) is 14.2 Å². The number of carbonyl (C=O) groups is 1. The second-order valence-electron chi connectivity index (χ2n) is 6.66. The molecule has 3 rings (SSSR count). The zero-order chi connectivity index (χ0) is 20.3. The molecule has 0 aliphatic carbocycles. The average molecular weight is 424 g/mol. The Morgan fingerprint density at radius 3 is 2.68 bits per heavy atom. The Morgan fingerprint density at radius 1 is 1.29 bits per heavy atom. The van der Waals surface area contributed by atoms with Crippen molar-refractivity contribution in [1.29, 1.82) is 0 Å². The minimum absolute atomic E-state index is 0.0398. The van der Waals surface area contributed by atoms with E-state index in [4.69, 9.17) is 0 Å². The quantitative estimate of drug-likeness (QED) is 0.449. The molecule has 0 unspecified atom stereocenters. The standard InChI is InChI=1S/C19H19F2N3O2S2/c1-11(2)3-5-24-18(26)17-15(4-6-27-17)23-19(24)28-10-16(25)22-14-8-12(20)7-13(21)9-14/h4,6-9,11H,3,5,10H2,1-2H3,(H,22,25). The number of amides is 1. The minimum Gasteiger partial charge on any atom is -0.325 e. The van der Waals surface area contributed by atoms with Crippen LogP contribution in [-0.2, 0) is 11.3 Å². The van der Waals surface area contributed by atoms with Gasteiger partial charge in [-0.2, -0.15) is 0 Å². The summed E-state index contributed by atoms with van der Waals surface area (Å²) < 4.78 is 28.7. The maximum Gasteiger partial charge on any atom is 0.272 e. The molecule has 0 saturated heterocycles. The molecule has 0 fully saturated rings. The summed E-state index contributed by atoms with van der Waals surface area (Å²) in [6.45, 7) is 4.65. The van der Waals surface area contributed by atoms with Gasteiger partial charge in [-0.05, 0) is 35.9 Å². The fourth-order valence-corrected chi connectivity index (χ4v) is 4.18. The lowest BCUT2D eigenvalue weighted by Gasteiger charge is -2.13. The molecule has 2 aromatic heterocycles. The van der Waals surface area contributed by atoms with Crippen LogP contribution in [0.25, 0.3) is 10.2 Å². The molecule has 0 bridgehead atoms. The first-order chi connectivity index (χ1) is 13.3. The first-order valence-corrected chi connectivity index (χ1v) is 10.6. The third kappa shape index (κ3) is 4.96. The molecule has 1 amide bonds. The van der Waals surface area contributed by atoms with Crippen LogP contribution in [0.1, 0.15) is 20.3 Å². The van der Waals surface area contributed by atoms with Gasteiger partial charge in [0.15, 0.2) is 5.16 Å². The Bertz CT molecular complexity index is 1040. The van der Waals surface area contributed by atoms with Gasteiger partial charge in [0, 0.05) is 18.3 Å². The lowest BCUT2D eigenvalue weighted by Crippen LogP contribution is -2.24. The van der Waals surface area contributed by atoms with E-state index < -0.39 is 17.5 Å². The summed E-state index contributed by atoms with van der Waals surface area (Å²) >= 11 is 2.47. The number of fused-ring (bicyclic) bond motifs is 1. The van der Waals surface area contributed by atoms with E-state index in [-0.39, 0.29) is 17.0 Å². The van der Waals surface area contributed by atoms with Gasteiger partial charge >= 0.3 is 0 Å². The van der Waals surface area contributed by atoms with Crippen molar-refractivity contribution in [2.24, 2.45) is 5.92 Å². The van der Waals surface area contributed by atoms with E-state index in [1.54, 1.807) is 10.6 Å². The van der Waals surface area contributed by atoms with Crippen molar-refractivity contribution in [3.05, 3.63) is 51.6 Å². The van der Waals surface area contributed by atoms with Gasteiger partial charge in [0.25, 0.3) is 5.56 Å². The van der Waals surface area contributed by atoms with Crippen LogP contribution in [0.15, 0.2) is 39.6 Å². The van der Waals surface area contributed by atoms with Crippen molar-refractivity contribution in [2.45, 2.75) is 32.0 Å². The highest BCUT2D eigenvalue weighted by atomic mass is 32.2. The van der Waals surface area contributed by atoms with Gasteiger partial charge in [-0.25, -0.2) is 13.8 Å². The van der Waals surface area contributed by atoms with E-state index in [0.717, 1.165) is 36.4 Å². The summed E-state index contributed by atoms with van der Waals surface area (Å²) in [5.41, 5.74) is 0.531.